The summed E-state index contributed by atoms with van der Waals surface area (Å²) in [6.45, 7) is 0.826. The fourth-order valence-electron chi connectivity index (χ4n) is 3.70. The second-order valence-corrected chi connectivity index (χ2v) is 8.61. The molecule has 3 rings (SSSR count). The molecule has 0 fully saturated rings. The summed E-state index contributed by atoms with van der Waals surface area (Å²) in [7, 11) is 1.44. The number of carbonyl (C=O) groups is 5. The van der Waals surface area contributed by atoms with E-state index in [1.807, 2.05) is 0 Å². The van der Waals surface area contributed by atoms with Crippen LogP contribution in [-0.4, -0.2) is 91.2 Å². The predicted octanol–water partition coefficient (Wildman–Crippen LogP) is -2.78. The first-order valence-corrected chi connectivity index (χ1v) is 12.0. The minimum absolute atomic E-state index is 0.0384. The number of aromatic nitrogens is 6. The van der Waals surface area contributed by atoms with Gasteiger partial charge in [0, 0.05) is 68.9 Å². The van der Waals surface area contributed by atoms with Crippen LogP contribution < -0.4 is 26.6 Å². The summed E-state index contributed by atoms with van der Waals surface area (Å²) in [6.07, 6.45) is 9.20. The van der Waals surface area contributed by atoms with Crippen LogP contribution in [0.2, 0.25) is 0 Å². The third kappa shape index (κ3) is 9.10. The maximum atomic E-state index is 13.1. The second kappa shape index (κ2) is 14.1. The van der Waals surface area contributed by atoms with Gasteiger partial charge in [-0.05, 0) is 0 Å². The minimum Gasteiger partial charge on any atom is -0.357 e. The Labute approximate surface area is 222 Å². The van der Waals surface area contributed by atoms with Gasteiger partial charge < -0.3 is 41.5 Å². The van der Waals surface area contributed by atoms with Gasteiger partial charge in [0.1, 0.15) is 18.1 Å². The van der Waals surface area contributed by atoms with Crippen LogP contribution in [0.1, 0.15) is 24.0 Å². The Hall–Kier alpha value is -5.02. The predicted molar refractivity (Wildman–Crippen MR) is 135 cm³/mol. The Kier molecular flexibility index (Phi) is 10.3. The normalized spacial score (nSPS) is 13.0. The molecule has 0 bridgehead atoms. The van der Waals surface area contributed by atoms with Gasteiger partial charge in [0.2, 0.25) is 29.5 Å². The average molecular weight is 542 g/mol. The smallest absolute Gasteiger partial charge is 0.243 e. The van der Waals surface area contributed by atoms with Crippen LogP contribution in [0.15, 0.2) is 37.6 Å². The molecule has 0 saturated carbocycles. The molecule has 3 atom stereocenters. The van der Waals surface area contributed by atoms with Crippen molar-refractivity contribution in [1.82, 2.24) is 56.5 Å². The molecule has 39 heavy (non-hydrogen) atoms. The van der Waals surface area contributed by atoms with Crippen molar-refractivity contribution in [3.8, 4) is 0 Å². The Bertz CT molecular complexity index is 1230. The lowest BCUT2D eigenvalue weighted by atomic mass is 10.1. The van der Waals surface area contributed by atoms with E-state index >= 15 is 0 Å². The Balaban J connectivity index is 1.64. The number of hydrogen-bond donors (Lipinski definition) is 8. The molecule has 0 aliphatic heterocycles. The van der Waals surface area contributed by atoms with E-state index in [9.17, 15) is 24.0 Å². The molecule has 0 radical (unpaired) electrons. The number of amides is 5. The highest BCUT2D eigenvalue weighted by Crippen LogP contribution is 2.04. The lowest BCUT2D eigenvalue weighted by molar-refractivity contribution is -0.132. The van der Waals surface area contributed by atoms with Crippen molar-refractivity contribution in [2.45, 2.75) is 44.3 Å². The van der Waals surface area contributed by atoms with Gasteiger partial charge in [-0.3, -0.25) is 24.0 Å². The Morgan fingerprint density at radius 3 is 1.56 bits per heavy atom. The second-order valence-electron chi connectivity index (χ2n) is 8.61. The molecule has 0 saturated heterocycles. The summed E-state index contributed by atoms with van der Waals surface area (Å²) in [4.78, 5) is 83.0. The highest BCUT2D eigenvalue weighted by atomic mass is 16.2. The fraction of sp³-hybridized carbons (Fsp3) is 0.391. The number of imidazole rings is 3. The Morgan fingerprint density at radius 1 is 0.692 bits per heavy atom. The van der Waals surface area contributed by atoms with Crippen LogP contribution in [0, 0.1) is 0 Å². The van der Waals surface area contributed by atoms with Crippen molar-refractivity contribution in [3.63, 3.8) is 0 Å². The van der Waals surface area contributed by atoms with Gasteiger partial charge in [0.15, 0.2) is 0 Å². The van der Waals surface area contributed by atoms with E-state index in [1.165, 1.54) is 51.5 Å². The molecule has 16 nitrogen and oxygen atoms in total. The SMILES string of the molecule is CNC(=O)[C@H](Cc1cnc[nH]1)NC(=O)CNC(=O)[C@@H](Cc1cnc[nH]1)NC(=O)[C@@H](Cc1cnc[nH]1)NC(C)=O. The monoisotopic (exact) mass is 541 g/mol. The Morgan fingerprint density at radius 2 is 1.15 bits per heavy atom. The van der Waals surface area contributed by atoms with E-state index in [4.69, 9.17) is 0 Å². The fourth-order valence-corrected chi connectivity index (χ4v) is 3.70. The number of nitrogens with zero attached hydrogens (tertiary/aromatic N) is 3. The number of nitrogens with one attached hydrogen (secondary N) is 8. The zero-order valence-corrected chi connectivity index (χ0v) is 21.4. The zero-order chi connectivity index (χ0) is 28.2. The van der Waals surface area contributed by atoms with Crippen molar-refractivity contribution >= 4 is 29.5 Å². The highest BCUT2D eigenvalue weighted by molar-refractivity contribution is 5.94. The van der Waals surface area contributed by atoms with Gasteiger partial charge >= 0.3 is 0 Å². The largest absolute Gasteiger partial charge is 0.357 e. The molecule has 3 aromatic heterocycles. The zero-order valence-electron chi connectivity index (χ0n) is 21.4. The van der Waals surface area contributed by atoms with Gasteiger partial charge in [0.05, 0.1) is 25.5 Å². The molecule has 3 heterocycles. The molecular weight excluding hydrogens is 510 g/mol. The molecular formula is C23H31N11O5. The van der Waals surface area contributed by atoms with Gasteiger partial charge in [-0.1, -0.05) is 0 Å². The number of hydrogen-bond acceptors (Lipinski definition) is 8. The molecule has 0 aliphatic carbocycles. The van der Waals surface area contributed by atoms with Crippen LogP contribution in [0.5, 0.6) is 0 Å². The number of aromatic amines is 3. The van der Waals surface area contributed by atoms with Crippen molar-refractivity contribution in [3.05, 3.63) is 54.7 Å². The summed E-state index contributed by atoms with van der Waals surface area (Å²) in [6, 6.07) is -3.00. The quantitative estimate of drug-likeness (QED) is 0.106. The molecule has 0 aliphatic rings. The third-order valence-corrected chi connectivity index (χ3v) is 5.58. The minimum atomic E-state index is -1.11. The van der Waals surface area contributed by atoms with Gasteiger partial charge in [-0.25, -0.2) is 15.0 Å². The summed E-state index contributed by atoms with van der Waals surface area (Å²) in [5.41, 5.74) is 1.80. The van der Waals surface area contributed by atoms with E-state index in [0.29, 0.717) is 17.1 Å². The lowest BCUT2D eigenvalue weighted by Crippen LogP contribution is -2.56. The van der Waals surface area contributed by atoms with Crippen LogP contribution >= 0.6 is 0 Å². The average Bonchev–Trinajstić information content (AvgIpc) is 3.70. The number of H-pyrrole nitrogens is 3. The summed E-state index contributed by atoms with van der Waals surface area (Å²) in [5.74, 6) is -2.72. The topological polar surface area (TPSA) is 232 Å². The van der Waals surface area contributed by atoms with Crippen molar-refractivity contribution < 1.29 is 24.0 Å². The van der Waals surface area contributed by atoms with E-state index in [1.54, 1.807) is 0 Å². The first kappa shape index (κ1) is 28.5. The number of likely N-dealkylation sites (N-methyl/N-ethyl adjacent to an activating group) is 1. The maximum absolute atomic E-state index is 13.1. The molecule has 16 heteroatoms. The summed E-state index contributed by atoms with van der Waals surface area (Å²) in [5, 5.41) is 12.8. The van der Waals surface area contributed by atoms with Crippen molar-refractivity contribution in [1.29, 1.82) is 0 Å². The van der Waals surface area contributed by atoms with Crippen LogP contribution in [0.4, 0.5) is 0 Å². The third-order valence-electron chi connectivity index (χ3n) is 5.58. The van der Waals surface area contributed by atoms with Gasteiger partial charge in [0.25, 0.3) is 0 Å². The highest BCUT2D eigenvalue weighted by Gasteiger charge is 2.28. The molecule has 8 N–H and O–H groups in total. The molecule has 0 spiro atoms. The van der Waals surface area contributed by atoms with Gasteiger partial charge in [-0.15, -0.1) is 0 Å². The lowest BCUT2D eigenvalue weighted by Gasteiger charge is -2.22. The van der Waals surface area contributed by atoms with Gasteiger partial charge in [-0.2, -0.15) is 0 Å². The molecule has 5 amide bonds. The first-order chi connectivity index (χ1) is 18.7. The number of carbonyl (C=O) groups excluding carboxylic acids is 5. The van der Waals surface area contributed by atoms with E-state index in [-0.39, 0.29) is 19.3 Å². The molecule has 208 valence electrons. The van der Waals surface area contributed by atoms with Crippen LogP contribution in [-0.2, 0) is 43.2 Å². The standard InChI is InChI=1S/C23H31N11O5/c1-13(35)32-19(5-16-8-27-12-31-16)23(39)34-18(4-15-7-26-11-30-15)22(38)28-9-20(36)33-17(21(37)24-2)3-14-6-25-10-29-14/h6-8,10-12,17-19H,3-5,9H2,1-2H3,(H,24,37)(H,25,29)(H,26,30)(H,27,31)(H,28,38)(H,32,35)(H,33,36)(H,34,39)/t17-,18+,19+/m0/s1. The maximum Gasteiger partial charge on any atom is 0.243 e. The van der Waals surface area contributed by atoms with Crippen molar-refractivity contribution in [2.24, 2.45) is 0 Å². The number of rotatable bonds is 14. The van der Waals surface area contributed by atoms with Crippen molar-refractivity contribution in [2.75, 3.05) is 13.6 Å². The van der Waals surface area contributed by atoms with E-state index < -0.39 is 54.2 Å². The summed E-state index contributed by atoms with van der Waals surface area (Å²) < 4.78 is 0. The molecule has 0 unspecified atom stereocenters. The van der Waals surface area contributed by atoms with E-state index in [2.05, 4.69) is 56.5 Å². The molecule has 0 aromatic carbocycles. The van der Waals surface area contributed by atoms with E-state index in [0.717, 1.165) is 0 Å². The van der Waals surface area contributed by atoms with Crippen LogP contribution in [0.3, 0.4) is 0 Å². The first-order valence-electron chi connectivity index (χ1n) is 12.0. The summed E-state index contributed by atoms with van der Waals surface area (Å²) >= 11 is 0. The van der Waals surface area contributed by atoms with Crippen LogP contribution in [0.25, 0.3) is 0 Å². The molecule has 3 aromatic rings.